The van der Waals surface area contributed by atoms with Crippen LogP contribution in [0.1, 0.15) is 0 Å². The minimum atomic E-state index is -2.92. The molecule has 5 heteroatoms. The van der Waals surface area contributed by atoms with Gasteiger partial charge in [-0.15, -0.1) is 0 Å². The zero-order chi connectivity index (χ0) is 46.9. The van der Waals surface area contributed by atoms with Crippen molar-refractivity contribution >= 4 is 101 Å². The summed E-state index contributed by atoms with van der Waals surface area (Å²) in [5.41, 5.74) is 6.96. The van der Waals surface area contributed by atoms with E-state index in [-0.39, 0.29) is 0 Å². The third-order valence-corrected chi connectivity index (χ3v) is 24.8. The summed E-state index contributed by atoms with van der Waals surface area (Å²) >= 11 is 0. The molecular weight excluding hydrogens is 893 g/mol. The number of aromatic nitrogens is 2. The van der Waals surface area contributed by atoms with Crippen molar-refractivity contribution in [3.63, 3.8) is 0 Å². The van der Waals surface area contributed by atoms with Gasteiger partial charge < -0.3 is 13.9 Å². The van der Waals surface area contributed by atoms with Gasteiger partial charge in [0.15, 0.2) is 16.1 Å². The van der Waals surface area contributed by atoms with E-state index in [4.69, 9.17) is 4.74 Å². The summed E-state index contributed by atoms with van der Waals surface area (Å²) in [6.07, 6.45) is 0. The van der Waals surface area contributed by atoms with Crippen molar-refractivity contribution in [2.24, 2.45) is 0 Å². The topological polar surface area (TPSA) is 19.1 Å². The minimum Gasteiger partial charge on any atom is -0.458 e. The number of benzene rings is 11. The quantitative estimate of drug-likeness (QED) is 0.110. The highest BCUT2D eigenvalue weighted by Gasteiger charge is 2.48. The molecule has 0 unspecified atom stereocenters. The molecule has 3 nitrogen and oxygen atoms in total. The SMILES string of the molecule is c1ccc([Si](c2ccccc2)(c2ccccc2)c2cccc(-n3c4ccccc4c4ccc(-n5c6ccccc6c6ccc([Si]7(c8ccccc8)c8ccccc8Oc8ccccc87)cc65)cc43)c2)cc1. The van der Waals surface area contributed by atoms with Gasteiger partial charge in [0.2, 0.25) is 0 Å². The van der Waals surface area contributed by atoms with E-state index >= 15 is 0 Å². The Morgan fingerprint density at radius 1 is 0.282 bits per heavy atom. The minimum absolute atomic E-state index is 0.931. The average molecular weight is 939 g/mol. The molecule has 0 aliphatic carbocycles. The summed E-state index contributed by atoms with van der Waals surface area (Å²) in [6, 6.07) is 104. The Labute approximate surface area is 414 Å². The Bertz CT molecular complexity index is 4000. The number of hydrogen-bond acceptors (Lipinski definition) is 1. The van der Waals surface area contributed by atoms with Crippen molar-refractivity contribution < 1.29 is 4.74 Å². The van der Waals surface area contributed by atoms with Gasteiger partial charge in [-0.1, -0.05) is 224 Å². The predicted molar refractivity (Wildman–Crippen MR) is 302 cm³/mol. The molecule has 334 valence electrons. The molecular formula is C66H46N2OSi2. The van der Waals surface area contributed by atoms with E-state index in [0.717, 1.165) is 28.4 Å². The van der Waals surface area contributed by atoms with E-state index in [1.54, 1.807) is 0 Å². The van der Waals surface area contributed by atoms with Gasteiger partial charge in [-0.3, -0.25) is 0 Å². The summed E-state index contributed by atoms with van der Waals surface area (Å²) in [6.45, 7) is 0. The lowest BCUT2D eigenvalue weighted by Crippen LogP contribution is -2.76. The number of fused-ring (bicyclic) bond motifs is 8. The fraction of sp³-hybridized carbons (Fsp3) is 0. The molecule has 1 aliphatic heterocycles. The second-order valence-corrected chi connectivity index (χ2v) is 26.3. The molecule has 0 saturated heterocycles. The molecule has 0 N–H and O–H groups in total. The van der Waals surface area contributed by atoms with Gasteiger partial charge in [0, 0.05) is 32.9 Å². The second-order valence-electron chi connectivity index (χ2n) is 18.7. The highest BCUT2D eigenvalue weighted by molar-refractivity contribution is 7.21. The Morgan fingerprint density at radius 2 is 0.704 bits per heavy atom. The van der Waals surface area contributed by atoms with Crippen LogP contribution < -0.4 is 46.2 Å². The zero-order valence-corrected chi connectivity index (χ0v) is 40.9. The first kappa shape index (κ1) is 41.2. The monoisotopic (exact) mass is 938 g/mol. The largest absolute Gasteiger partial charge is 0.458 e. The van der Waals surface area contributed by atoms with Gasteiger partial charge in [-0.25, -0.2) is 0 Å². The molecule has 11 aromatic carbocycles. The fourth-order valence-corrected chi connectivity index (χ4v) is 22.0. The molecule has 0 spiro atoms. The number of nitrogens with zero attached hydrogens (tertiary/aromatic N) is 2. The van der Waals surface area contributed by atoms with E-state index in [1.807, 2.05) is 0 Å². The van der Waals surface area contributed by atoms with Gasteiger partial charge in [0.1, 0.15) is 11.5 Å². The highest BCUT2D eigenvalue weighted by Crippen LogP contribution is 2.38. The molecule has 0 bridgehead atoms. The van der Waals surface area contributed by atoms with E-state index in [2.05, 4.69) is 288 Å². The van der Waals surface area contributed by atoms with Crippen molar-refractivity contribution in [2.45, 2.75) is 0 Å². The standard InChI is InChI=1S/C66H46N2OSi2/c1-5-23-49(24-6-1)70(50-25-7-2-8-26-50,51-27-9-3-10-28-51)53-31-21-22-47(44-53)67-59-34-15-13-32-55(59)57-42-40-48(45-61(57)67)68-60-35-16-14-33-56(60)58-43-41-54(46-62(58)68)71(52-29-11-4-12-30-52)65-38-19-17-36-63(65)69-64-37-18-20-39-66(64)71/h1-46H. The van der Waals surface area contributed by atoms with Crippen molar-refractivity contribution in [1.82, 2.24) is 9.13 Å². The van der Waals surface area contributed by atoms with E-state index in [0.29, 0.717) is 0 Å². The lowest BCUT2D eigenvalue weighted by Gasteiger charge is -2.39. The molecule has 0 atom stereocenters. The van der Waals surface area contributed by atoms with Crippen LogP contribution >= 0.6 is 0 Å². The molecule has 71 heavy (non-hydrogen) atoms. The lowest BCUT2D eigenvalue weighted by atomic mass is 10.1. The molecule has 0 radical (unpaired) electrons. The molecule has 0 fully saturated rings. The van der Waals surface area contributed by atoms with Crippen LogP contribution in [0, 0.1) is 0 Å². The van der Waals surface area contributed by atoms with E-state index in [1.165, 1.54) is 79.6 Å². The molecule has 0 saturated carbocycles. The predicted octanol–water partition coefficient (Wildman–Crippen LogP) is 10.7. The van der Waals surface area contributed by atoms with E-state index < -0.39 is 16.1 Å². The van der Waals surface area contributed by atoms with Crippen LogP contribution in [-0.4, -0.2) is 25.3 Å². The number of hydrogen-bond donors (Lipinski definition) is 0. The van der Waals surface area contributed by atoms with Crippen molar-refractivity contribution in [1.29, 1.82) is 0 Å². The molecule has 13 aromatic rings. The Kier molecular flexibility index (Phi) is 9.56. The molecule has 3 heterocycles. The van der Waals surface area contributed by atoms with Crippen molar-refractivity contribution in [2.75, 3.05) is 0 Å². The van der Waals surface area contributed by atoms with Gasteiger partial charge in [0.05, 0.1) is 22.1 Å². The Morgan fingerprint density at radius 3 is 1.27 bits per heavy atom. The highest BCUT2D eigenvalue weighted by atomic mass is 28.3. The maximum atomic E-state index is 6.74. The van der Waals surface area contributed by atoms with E-state index in [9.17, 15) is 0 Å². The van der Waals surface area contributed by atoms with Gasteiger partial charge in [-0.05, 0) is 96.1 Å². The van der Waals surface area contributed by atoms with Crippen LogP contribution in [0.4, 0.5) is 0 Å². The summed E-state index contributed by atoms with van der Waals surface area (Å²) in [4.78, 5) is 0. The van der Waals surface area contributed by atoms with Gasteiger partial charge in [0.25, 0.3) is 0 Å². The number of para-hydroxylation sites is 4. The maximum Gasteiger partial charge on any atom is 0.188 e. The summed E-state index contributed by atoms with van der Waals surface area (Å²) in [5, 5.41) is 15.5. The van der Waals surface area contributed by atoms with Crippen LogP contribution in [0.3, 0.4) is 0 Å². The zero-order valence-electron chi connectivity index (χ0n) is 38.9. The van der Waals surface area contributed by atoms with Crippen molar-refractivity contribution in [3.8, 4) is 22.9 Å². The fourth-order valence-electron chi connectivity index (χ4n) is 12.3. The first-order valence-corrected chi connectivity index (χ1v) is 28.5. The normalized spacial score (nSPS) is 13.0. The van der Waals surface area contributed by atoms with Crippen LogP contribution in [-0.2, 0) is 0 Å². The van der Waals surface area contributed by atoms with Crippen molar-refractivity contribution in [3.05, 3.63) is 279 Å². The molecule has 14 rings (SSSR count). The number of rotatable bonds is 8. The maximum absolute atomic E-state index is 6.74. The van der Waals surface area contributed by atoms with Gasteiger partial charge >= 0.3 is 0 Å². The van der Waals surface area contributed by atoms with Gasteiger partial charge in [-0.2, -0.15) is 0 Å². The summed E-state index contributed by atoms with van der Waals surface area (Å²) < 4.78 is 11.8. The van der Waals surface area contributed by atoms with Crippen LogP contribution in [0.15, 0.2) is 279 Å². The summed E-state index contributed by atoms with van der Waals surface area (Å²) in [5.74, 6) is 1.86. The molecule has 2 aromatic heterocycles. The number of ether oxygens (including phenoxy) is 1. The first-order valence-electron chi connectivity index (χ1n) is 24.5. The van der Waals surface area contributed by atoms with Crippen LogP contribution in [0.2, 0.25) is 0 Å². The lowest BCUT2D eigenvalue weighted by molar-refractivity contribution is 0.487. The molecule has 0 amide bonds. The van der Waals surface area contributed by atoms with Crippen LogP contribution in [0.25, 0.3) is 55.0 Å². The molecule has 1 aliphatic rings. The Hall–Kier alpha value is -8.75. The third kappa shape index (κ3) is 6.13. The summed E-state index contributed by atoms with van der Waals surface area (Å²) in [7, 11) is -5.73. The smallest absolute Gasteiger partial charge is 0.188 e. The average Bonchev–Trinajstić information content (AvgIpc) is 3.96. The first-order chi connectivity index (χ1) is 35.2. The van der Waals surface area contributed by atoms with Crippen LogP contribution in [0.5, 0.6) is 11.5 Å². The third-order valence-electron chi connectivity index (χ3n) is 15.2. The second kappa shape index (κ2) is 16.5. The Balaban J connectivity index is 1.03.